The number of nitrogens with zero attached hydrogens (tertiary/aromatic N) is 2. The van der Waals surface area contributed by atoms with Crippen molar-refractivity contribution in [2.45, 2.75) is 26.8 Å². The number of thiazole rings is 1. The topological polar surface area (TPSA) is 74.3 Å². The van der Waals surface area contributed by atoms with Crippen LogP contribution < -0.4 is 10.6 Å². The van der Waals surface area contributed by atoms with Gasteiger partial charge in [0.05, 0.1) is 22.8 Å². The second-order valence-corrected chi connectivity index (χ2v) is 9.59. The molecule has 4 aromatic rings. The molecule has 1 aromatic heterocycles. The molecule has 1 atom stereocenters. The molecular formula is C27H28N4O2S. The zero-order valence-corrected chi connectivity index (χ0v) is 20.6. The van der Waals surface area contributed by atoms with Gasteiger partial charge in [-0.3, -0.25) is 14.5 Å². The summed E-state index contributed by atoms with van der Waals surface area (Å²) in [5, 5.41) is 6.75. The third kappa shape index (κ3) is 5.68. The van der Waals surface area contributed by atoms with E-state index in [1.807, 2.05) is 61.5 Å². The van der Waals surface area contributed by atoms with Crippen molar-refractivity contribution in [2.75, 3.05) is 24.2 Å². The van der Waals surface area contributed by atoms with Crippen LogP contribution in [0.5, 0.6) is 0 Å². The molecular weight excluding hydrogens is 444 g/mol. The maximum Gasteiger partial charge on any atom is 0.241 e. The van der Waals surface area contributed by atoms with Gasteiger partial charge in [0.2, 0.25) is 11.8 Å². The summed E-state index contributed by atoms with van der Waals surface area (Å²) in [5.41, 5.74) is 5.79. The van der Waals surface area contributed by atoms with Crippen molar-refractivity contribution in [1.82, 2.24) is 9.88 Å². The Balaban J connectivity index is 1.33. The first kappa shape index (κ1) is 23.6. The van der Waals surface area contributed by atoms with Crippen LogP contribution in [0.2, 0.25) is 0 Å². The van der Waals surface area contributed by atoms with Gasteiger partial charge in [-0.2, -0.15) is 0 Å². The first-order valence-electron chi connectivity index (χ1n) is 11.1. The summed E-state index contributed by atoms with van der Waals surface area (Å²) >= 11 is 1.66. The zero-order valence-electron chi connectivity index (χ0n) is 19.8. The van der Waals surface area contributed by atoms with E-state index in [4.69, 9.17) is 4.98 Å². The molecule has 0 aliphatic rings. The number of amides is 2. The molecule has 0 aliphatic heterocycles. The van der Waals surface area contributed by atoms with Gasteiger partial charge >= 0.3 is 0 Å². The van der Waals surface area contributed by atoms with E-state index in [0.29, 0.717) is 5.69 Å². The van der Waals surface area contributed by atoms with Gasteiger partial charge in [0.15, 0.2) is 0 Å². The highest BCUT2D eigenvalue weighted by Gasteiger charge is 2.20. The molecule has 0 radical (unpaired) electrons. The lowest BCUT2D eigenvalue weighted by Gasteiger charge is -2.23. The zero-order chi connectivity index (χ0) is 24.2. The van der Waals surface area contributed by atoms with Crippen LogP contribution in [-0.2, 0) is 9.59 Å². The molecule has 6 nitrogen and oxygen atoms in total. The van der Waals surface area contributed by atoms with Gasteiger partial charge in [-0.15, -0.1) is 11.3 Å². The molecule has 0 bridgehead atoms. The number of carbonyl (C=O) groups excluding carboxylic acids is 2. The van der Waals surface area contributed by atoms with Crippen LogP contribution in [0.25, 0.3) is 20.8 Å². The van der Waals surface area contributed by atoms with Crippen LogP contribution in [0, 0.1) is 13.8 Å². The summed E-state index contributed by atoms with van der Waals surface area (Å²) in [6, 6.07) is 21.1. The standard InChI is InChI=1S/C27H28N4O2S/c1-17-5-10-21(11-6-17)28-25(32)16-31(4)19(3)26(33)29-22-12-8-20(9-13-22)27-30-23-14-7-18(2)15-24(23)34-27/h5-15,19H,16H2,1-4H3,(H,28,32)(H,29,33)/t19-/m1/s1. The minimum Gasteiger partial charge on any atom is -0.325 e. The van der Waals surface area contributed by atoms with Crippen molar-refractivity contribution in [1.29, 1.82) is 0 Å². The Morgan fingerprint density at radius 1 is 0.912 bits per heavy atom. The summed E-state index contributed by atoms with van der Waals surface area (Å²) in [4.78, 5) is 31.5. The highest BCUT2D eigenvalue weighted by atomic mass is 32.1. The molecule has 1 heterocycles. The number of likely N-dealkylation sites (N-methyl/N-ethyl adjacent to an activating group) is 1. The van der Waals surface area contributed by atoms with Gasteiger partial charge in [0.1, 0.15) is 5.01 Å². The molecule has 0 fully saturated rings. The van der Waals surface area contributed by atoms with Gasteiger partial charge in [-0.25, -0.2) is 4.98 Å². The van der Waals surface area contributed by atoms with Gasteiger partial charge in [-0.05, 0) is 81.9 Å². The van der Waals surface area contributed by atoms with E-state index in [9.17, 15) is 9.59 Å². The fourth-order valence-corrected chi connectivity index (χ4v) is 4.57. The number of hydrogen-bond acceptors (Lipinski definition) is 5. The number of nitrogens with one attached hydrogen (secondary N) is 2. The summed E-state index contributed by atoms with van der Waals surface area (Å²) in [7, 11) is 1.76. The first-order chi connectivity index (χ1) is 16.3. The van der Waals surface area contributed by atoms with Crippen molar-refractivity contribution in [3.05, 3.63) is 77.9 Å². The number of carbonyl (C=O) groups is 2. The normalized spacial score (nSPS) is 12.0. The minimum atomic E-state index is -0.476. The van der Waals surface area contributed by atoms with Crippen LogP contribution in [0.1, 0.15) is 18.1 Å². The molecule has 0 unspecified atom stereocenters. The number of rotatable bonds is 7. The largest absolute Gasteiger partial charge is 0.325 e. The molecule has 34 heavy (non-hydrogen) atoms. The van der Waals surface area contributed by atoms with Gasteiger partial charge in [0.25, 0.3) is 0 Å². The third-order valence-corrected chi connectivity index (χ3v) is 6.78. The quantitative estimate of drug-likeness (QED) is 0.374. The van der Waals surface area contributed by atoms with Crippen LogP contribution in [0.4, 0.5) is 11.4 Å². The average Bonchev–Trinajstić information content (AvgIpc) is 3.23. The lowest BCUT2D eigenvalue weighted by molar-refractivity contribution is -0.122. The van der Waals surface area contributed by atoms with E-state index in [0.717, 1.165) is 32.0 Å². The number of fused-ring (bicyclic) bond motifs is 1. The lowest BCUT2D eigenvalue weighted by atomic mass is 10.2. The average molecular weight is 473 g/mol. The number of hydrogen-bond donors (Lipinski definition) is 2. The molecule has 2 amide bonds. The fraction of sp³-hybridized carbons (Fsp3) is 0.222. The lowest BCUT2D eigenvalue weighted by Crippen LogP contribution is -2.43. The van der Waals surface area contributed by atoms with Crippen LogP contribution in [0.3, 0.4) is 0 Å². The molecule has 0 aliphatic carbocycles. The van der Waals surface area contributed by atoms with Crippen LogP contribution >= 0.6 is 11.3 Å². The predicted molar refractivity (Wildman–Crippen MR) is 140 cm³/mol. The Bertz CT molecular complexity index is 1310. The number of anilines is 2. The van der Waals surface area contributed by atoms with Crippen molar-refractivity contribution >= 4 is 44.7 Å². The monoisotopic (exact) mass is 472 g/mol. The summed E-state index contributed by atoms with van der Waals surface area (Å²) in [6.45, 7) is 5.96. The molecule has 3 aromatic carbocycles. The van der Waals surface area contributed by atoms with E-state index in [1.54, 1.807) is 30.2 Å². The van der Waals surface area contributed by atoms with Crippen LogP contribution in [0.15, 0.2) is 66.7 Å². The fourth-order valence-electron chi connectivity index (χ4n) is 3.50. The molecule has 7 heteroatoms. The molecule has 2 N–H and O–H groups in total. The van der Waals surface area contributed by atoms with Crippen molar-refractivity contribution < 1.29 is 9.59 Å². The van der Waals surface area contributed by atoms with E-state index in [2.05, 4.69) is 29.7 Å². The van der Waals surface area contributed by atoms with Gasteiger partial charge in [-0.1, -0.05) is 23.8 Å². The highest BCUT2D eigenvalue weighted by Crippen LogP contribution is 2.31. The number of benzene rings is 3. The SMILES string of the molecule is Cc1ccc(NC(=O)CN(C)[C@H](C)C(=O)Nc2ccc(-c3nc4ccc(C)cc4s3)cc2)cc1. The van der Waals surface area contributed by atoms with Gasteiger partial charge in [0, 0.05) is 16.9 Å². The Morgan fingerprint density at radius 2 is 1.53 bits per heavy atom. The predicted octanol–water partition coefficient (Wildman–Crippen LogP) is 5.48. The van der Waals surface area contributed by atoms with E-state index in [-0.39, 0.29) is 18.4 Å². The van der Waals surface area contributed by atoms with E-state index in [1.165, 1.54) is 5.56 Å². The van der Waals surface area contributed by atoms with Crippen molar-refractivity contribution in [3.63, 3.8) is 0 Å². The minimum absolute atomic E-state index is 0.110. The highest BCUT2D eigenvalue weighted by molar-refractivity contribution is 7.21. The van der Waals surface area contributed by atoms with Gasteiger partial charge < -0.3 is 10.6 Å². The molecule has 174 valence electrons. The van der Waals surface area contributed by atoms with E-state index < -0.39 is 6.04 Å². The summed E-state index contributed by atoms with van der Waals surface area (Å²) in [6.07, 6.45) is 0. The third-order valence-electron chi connectivity index (χ3n) is 5.71. The Hall–Kier alpha value is -3.55. The number of aryl methyl sites for hydroxylation is 2. The second kappa shape index (κ2) is 10.2. The second-order valence-electron chi connectivity index (χ2n) is 8.56. The Morgan fingerprint density at radius 3 is 2.24 bits per heavy atom. The number of aromatic nitrogens is 1. The smallest absolute Gasteiger partial charge is 0.241 e. The first-order valence-corrected chi connectivity index (χ1v) is 12.0. The van der Waals surface area contributed by atoms with Crippen molar-refractivity contribution in [3.8, 4) is 10.6 Å². The van der Waals surface area contributed by atoms with Crippen molar-refractivity contribution in [2.24, 2.45) is 0 Å². The Kier molecular flexibility index (Phi) is 7.05. The molecule has 4 rings (SSSR count). The molecule has 0 spiro atoms. The van der Waals surface area contributed by atoms with E-state index >= 15 is 0 Å². The molecule has 0 saturated heterocycles. The van der Waals surface area contributed by atoms with Crippen LogP contribution in [-0.4, -0.2) is 41.3 Å². The maximum atomic E-state index is 12.7. The maximum absolute atomic E-state index is 12.7. The Labute approximate surface area is 203 Å². The summed E-state index contributed by atoms with van der Waals surface area (Å²) in [5.74, 6) is -0.338. The summed E-state index contributed by atoms with van der Waals surface area (Å²) < 4.78 is 1.16. The molecule has 0 saturated carbocycles.